The van der Waals surface area contributed by atoms with Crippen molar-refractivity contribution in [1.29, 1.82) is 0 Å². The highest BCUT2D eigenvalue weighted by molar-refractivity contribution is 7.89. The predicted molar refractivity (Wildman–Crippen MR) is 104 cm³/mol. The van der Waals surface area contributed by atoms with Crippen molar-refractivity contribution < 1.29 is 13.3 Å². The molecule has 0 spiro atoms. The molecule has 1 fully saturated rings. The van der Waals surface area contributed by atoms with Crippen LogP contribution in [0.2, 0.25) is 0 Å². The normalized spacial score (nSPS) is 15.9. The van der Waals surface area contributed by atoms with E-state index in [1.54, 1.807) is 40.7 Å². The van der Waals surface area contributed by atoms with E-state index in [0.717, 1.165) is 36.9 Å². The van der Waals surface area contributed by atoms with Crippen molar-refractivity contribution >= 4 is 21.4 Å². The highest BCUT2D eigenvalue weighted by Gasteiger charge is 2.24. The van der Waals surface area contributed by atoms with Crippen LogP contribution in [-0.4, -0.2) is 30.7 Å². The van der Waals surface area contributed by atoms with Crippen molar-refractivity contribution in [1.82, 2.24) is 4.31 Å². The van der Waals surface area contributed by atoms with E-state index >= 15 is 0 Å². The van der Waals surface area contributed by atoms with Gasteiger partial charge in [0.05, 0.1) is 9.82 Å². The first-order chi connectivity index (χ1) is 13.0. The molecule has 0 atom stereocenters. The van der Waals surface area contributed by atoms with E-state index in [9.17, 15) is 18.5 Å². The number of sulfonamides is 1. The summed E-state index contributed by atoms with van der Waals surface area (Å²) in [4.78, 5) is 10.7. The molecule has 2 aromatic rings. The Bertz CT molecular complexity index is 889. The quantitative estimate of drug-likeness (QED) is 0.600. The van der Waals surface area contributed by atoms with E-state index in [2.05, 4.69) is 5.32 Å². The topological polar surface area (TPSA) is 92.5 Å². The fourth-order valence-corrected chi connectivity index (χ4v) is 4.68. The molecule has 0 aliphatic carbocycles. The van der Waals surface area contributed by atoms with Gasteiger partial charge in [-0.15, -0.1) is 0 Å². The summed E-state index contributed by atoms with van der Waals surface area (Å²) >= 11 is 0. The first-order valence-electron chi connectivity index (χ1n) is 9.04. The van der Waals surface area contributed by atoms with Crippen molar-refractivity contribution in [2.45, 2.75) is 37.1 Å². The average molecular weight is 389 g/mol. The van der Waals surface area contributed by atoms with Crippen LogP contribution in [0.15, 0.2) is 53.4 Å². The maximum absolute atomic E-state index is 12.8. The molecule has 0 amide bonds. The van der Waals surface area contributed by atoms with Crippen molar-refractivity contribution in [3.63, 3.8) is 0 Å². The summed E-state index contributed by atoms with van der Waals surface area (Å²) in [7, 11) is -3.45. The number of anilines is 1. The molecule has 1 aliphatic rings. The average Bonchev–Trinajstić information content (AvgIpc) is 2.97. The number of nitro groups is 1. The number of nitrogens with one attached hydrogen (secondary N) is 1. The zero-order valence-corrected chi connectivity index (χ0v) is 15.8. The molecule has 27 heavy (non-hydrogen) atoms. The van der Waals surface area contributed by atoms with Crippen molar-refractivity contribution in [2.24, 2.45) is 0 Å². The van der Waals surface area contributed by atoms with Gasteiger partial charge in [-0.25, -0.2) is 8.42 Å². The third kappa shape index (κ3) is 4.84. The van der Waals surface area contributed by atoms with E-state index < -0.39 is 14.9 Å². The number of rotatable bonds is 6. The summed E-state index contributed by atoms with van der Waals surface area (Å²) in [6, 6.07) is 13.1. The van der Waals surface area contributed by atoms with E-state index in [-0.39, 0.29) is 5.69 Å². The Morgan fingerprint density at radius 2 is 1.67 bits per heavy atom. The second-order valence-corrected chi connectivity index (χ2v) is 8.56. The summed E-state index contributed by atoms with van der Waals surface area (Å²) in [5.74, 6) is 0. The molecular weight excluding hydrogens is 366 g/mol. The minimum absolute atomic E-state index is 0.0493. The summed E-state index contributed by atoms with van der Waals surface area (Å²) < 4.78 is 27.1. The van der Waals surface area contributed by atoms with Crippen LogP contribution in [0.25, 0.3) is 0 Å². The lowest BCUT2D eigenvalue weighted by Crippen LogP contribution is -2.31. The van der Waals surface area contributed by atoms with Gasteiger partial charge in [-0.2, -0.15) is 4.31 Å². The monoisotopic (exact) mass is 389 g/mol. The molecule has 0 bridgehead atoms. The lowest BCUT2D eigenvalue weighted by atomic mass is 10.2. The lowest BCUT2D eigenvalue weighted by molar-refractivity contribution is -0.384. The molecule has 8 heteroatoms. The van der Waals surface area contributed by atoms with Gasteiger partial charge in [0.15, 0.2) is 0 Å². The Labute approximate surface area is 159 Å². The summed E-state index contributed by atoms with van der Waals surface area (Å²) in [6.45, 7) is 1.57. The fourth-order valence-electron chi connectivity index (χ4n) is 3.16. The van der Waals surface area contributed by atoms with Crippen LogP contribution in [0.1, 0.15) is 31.2 Å². The molecule has 0 aromatic heterocycles. The fraction of sp³-hybridized carbons (Fsp3) is 0.368. The highest BCUT2D eigenvalue weighted by atomic mass is 32.2. The van der Waals surface area contributed by atoms with Crippen LogP contribution < -0.4 is 5.32 Å². The van der Waals surface area contributed by atoms with Crippen molar-refractivity contribution in [3.05, 3.63) is 64.2 Å². The zero-order chi connectivity index (χ0) is 19.3. The van der Waals surface area contributed by atoms with Gasteiger partial charge in [0.25, 0.3) is 5.69 Å². The van der Waals surface area contributed by atoms with Crippen LogP contribution in [-0.2, 0) is 16.6 Å². The van der Waals surface area contributed by atoms with E-state index in [1.807, 2.05) is 0 Å². The smallest absolute Gasteiger partial charge is 0.269 e. The molecule has 1 aliphatic heterocycles. The first kappa shape index (κ1) is 19.3. The van der Waals surface area contributed by atoms with Gasteiger partial charge in [0, 0.05) is 37.5 Å². The van der Waals surface area contributed by atoms with Crippen LogP contribution in [0.4, 0.5) is 11.4 Å². The number of non-ortho nitro benzene ring substituents is 1. The Morgan fingerprint density at radius 3 is 2.30 bits per heavy atom. The van der Waals surface area contributed by atoms with Crippen LogP contribution in [0.3, 0.4) is 0 Å². The third-order valence-corrected chi connectivity index (χ3v) is 6.59. The Kier molecular flexibility index (Phi) is 6.08. The summed E-state index contributed by atoms with van der Waals surface area (Å²) in [5.41, 5.74) is 1.59. The largest absolute Gasteiger partial charge is 0.381 e. The second kappa shape index (κ2) is 8.49. The molecule has 0 radical (unpaired) electrons. The predicted octanol–water partition coefficient (Wildman–Crippen LogP) is 3.77. The van der Waals surface area contributed by atoms with Gasteiger partial charge in [0.1, 0.15) is 0 Å². The van der Waals surface area contributed by atoms with Gasteiger partial charge in [-0.05, 0) is 42.7 Å². The lowest BCUT2D eigenvalue weighted by Gasteiger charge is -2.20. The minimum Gasteiger partial charge on any atom is -0.381 e. The molecule has 3 rings (SSSR count). The van der Waals surface area contributed by atoms with E-state index in [4.69, 9.17) is 0 Å². The van der Waals surface area contributed by atoms with Crippen LogP contribution in [0.5, 0.6) is 0 Å². The van der Waals surface area contributed by atoms with Gasteiger partial charge in [-0.3, -0.25) is 10.1 Å². The second-order valence-electron chi connectivity index (χ2n) is 6.62. The number of benzene rings is 2. The molecule has 1 heterocycles. The summed E-state index contributed by atoms with van der Waals surface area (Å²) in [6.07, 6.45) is 3.96. The molecular formula is C19H23N3O4S. The highest BCUT2D eigenvalue weighted by Crippen LogP contribution is 2.22. The SMILES string of the molecule is O=[N+]([O-])c1cccc(CNc2ccc(S(=O)(=O)N3CCCCCC3)cc2)c1. The van der Waals surface area contributed by atoms with Crippen LogP contribution in [0, 0.1) is 10.1 Å². The number of nitro benzene ring substituents is 1. The standard InChI is InChI=1S/C19H23N3O4S/c23-22(24)18-7-5-6-16(14-18)15-20-17-8-10-19(11-9-17)27(25,26)21-12-3-1-2-4-13-21/h5-11,14,20H,1-4,12-13,15H2. The minimum atomic E-state index is -3.45. The maximum Gasteiger partial charge on any atom is 0.269 e. The number of hydrogen-bond donors (Lipinski definition) is 1. The zero-order valence-electron chi connectivity index (χ0n) is 15.0. The van der Waals surface area contributed by atoms with Gasteiger partial charge >= 0.3 is 0 Å². The van der Waals surface area contributed by atoms with Gasteiger partial charge in [-0.1, -0.05) is 25.0 Å². The van der Waals surface area contributed by atoms with E-state index in [1.165, 1.54) is 12.1 Å². The molecule has 1 N–H and O–H groups in total. The molecule has 2 aromatic carbocycles. The molecule has 1 saturated heterocycles. The van der Waals surface area contributed by atoms with Crippen LogP contribution >= 0.6 is 0 Å². The maximum atomic E-state index is 12.8. The molecule has 0 unspecified atom stereocenters. The number of hydrogen-bond acceptors (Lipinski definition) is 5. The van der Waals surface area contributed by atoms with Gasteiger partial charge in [0.2, 0.25) is 10.0 Å². The van der Waals surface area contributed by atoms with Crippen molar-refractivity contribution in [2.75, 3.05) is 18.4 Å². The summed E-state index contributed by atoms with van der Waals surface area (Å²) in [5, 5.41) is 14.0. The Hall–Kier alpha value is -2.45. The van der Waals surface area contributed by atoms with E-state index in [0.29, 0.717) is 24.5 Å². The molecule has 7 nitrogen and oxygen atoms in total. The number of nitrogens with zero attached hydrogens (tertiary/aromatic N) is 2. The first-order valence-corrected chi connectivity index (χ1v) is 10.5. The Balaban J connectivity index is 1.66. The molecule has 144 valence electrons. The third-order valence-electron chi connectivity index (χ3n) is 4.68. The van der Waals surface area contributed by atoms with Gasteiger partial charge < -0.3 is 5.32 Å². The Morgan fingerprint density at radius 1 is 1.00 bits per heavy atom. The molecule has 0 saturated carbocycles. The van der Waals surface area contributed by atoms with Crippen molar-refractivity contribution in [3.8, 4) is 0 Å².